The number of benzene rings is 3. The Morgan fingerprint density at radius 1 is 1.00 bits per heavy atom. The summed E-state index contributed by atoms with van der Waals surface area (Å²) in [5, 5.41) is 23.7. The number of primary amides is 1. The number of carbonyl (C=O) groups is 1. The van der Waals surface area contributed by atoms with Crippen LogP contribution in [0.5, 0.6) is 5.75 Å². The Kier molecular flexibility index (Phi) is 9.90. The third kappa shape index (κ3) is 6.94. The van der Waals surface area contributed by atoms with Gasteiger partial charge in [-0.05, 0) is 73.0 Å². The molecule has 1 amide bonds. The zero-order valence-electron chi connectivity index (χ0n) is 18.1. The van der Waals surface area contributed by atoms with Crippen molar-refractivity contribution in [1.29, 1.82) is 0 Å². The summed E-state index contributed by atoms with van der Waals surface area (Å²) in [7, 11) is -3.86. The van der Waals surface area contributed by atoms with Crippen LogP contribution >= 0.6 is 24.0 Å². The minimum Gasteiger partial charge on any atom is -0.507 e. The van der Waals surface area contributed by atoms with Crippen molar-refractivity contribution >= 4 is 39.8 Å². The molecule has 0 spiro atoms. The molecular weight excluding hydrogens is 499 g/mol. The number of nitrogens with one attached hydrogen (secondary N) is 1. The molecule has 7 nitrogen and oxygen atoms in total. The summed E-state index contributed by atoms with van der Waals surface area (Å²) >= 11 is 5.85. The van der Waals surface area contributed by atoms with Gasteiger partial charge in [-0.15, -0.1) is 12.4 Å². The molecule has 0 aliphatic carbocycles. The Bertz CT molecular complexity index is 1220. The number of halogens is 2. The van der Waals surface area contributed by atoms with Gasteiger partial charge in [-0.2, -0.15) is 0 Å². The van der Waals surface area contributed by atoms with Gasteiger partial charge >= 0.3 is 0 Å². The van der Waals surface area contributed by atoms with Crippen LogP contribution in [0.4, 0.5) is 0 Å². The van der Waals surface area contributed by atoms with Crippen LogP contribution in [0.2, 0.25) is 5.02 Å². The van der Waals surface area contributed by atoms with Crippen molar-refractivity contribution in [2.24, 2.45) is 5.73 Å². The third-order valence-electron chi connectivity index (χ3n) is 5.19. The summed E-state index contributed by atoms with van der Waals surface area (Å²) in [6.07, 6.45) is 0.913. The van der Waals surface area contributed by atoms with Crippen LogP contribution in [-0.2, 0) is 16.3 Å². The van der Waals surface area contributed by atoms with Gasteiger partial charge in [0.25, 0.3) is 5.91 Å². The lowest BCUT2D eigenvalue weighted by atomic mass is 10.1. The summed E-state index contributed by atoms with van der Waals surface area (Å²) < 4.78 is 25.7. The van der Waals surface area contributed by atoms with Gasteiger partial charge in [0, 0.05) is 11.6 Å². The standard InChI is InChI=1S/C24H25ClN2O5S.ClH/c25-18-7-5-17(6-8-18)23(29)15-27-13-1-2-16-3-9-19(10-4-16)33(31,32)20-11-12-22(28)21(14-20)24(26)30;/h3-12,14,23,27-29H,1-2,13,15H2,(H2,26,30);1H/t23-;/m1./s1. The van der Waals surface area contributed by atoms with E-state index in [9.17, 15) is 23.4 Å². The Balaban J connectivity index is 0.00000408. The maximum absolute atomic E-state index is 12.9. The van der Waals surface area contributed by atoms with Gasteiger partial charge in [0.2, 0.25) is 9.84 Å². The average molecular weight is 525 g/mol. The van der Waals surface area contributed by atoms with E-state index < -0.39 is 21.8 Å². The molecule has 0 radical (unpaired) electrons. The molecule has 0 aliphatic rings. The maximum Gasteiger partial charge on any atom is 0.252 e. The fraction of sp³-hybridized carbons (Fsp3) is 0.208. The molecule has 0 saturated carbocycles. The first-order valence-corrected chi connectivity index (χ1v) is 12.2. The predicted octanol–water partition coefficient (Wildman–Crippen LogP) is 3.65. The van der Waals surface area contributed by atoms with E-state index in [1.54, 1.807) is 36.4 Å². The number of phenols is 1. The molecule has 3 rings (SSSR count). The smallest absolute Gasteiger partial charge is 0.252 e. The Labute approximate surface area is 209 Å². The molecule has 0 aliphatic heterocycles. The lowest BCUT2D eigenvalue weighted by molar-refractivity contribution is 0.0997. The molecule has 182 valence electrons. The second kappa shape index (κ2) is 12.2. The normalized spacial score (nSPS) is 12.1. The monoisotopic (exact) mass is 524 g/mol. The minimum atomic E-state index is -3.86. The lowest BCUT2D eigenvalue weighted by Gasteiger charge is -2.12. The first kappa shape index (κ1) is 27.6. The molecule has 5 N–H and O–H groups in total. The SMILES string of the molecule is Cl.NC(=O)c1cc(S(=O)(=O)c2ccc(CCCNC[C@@H](O)c3ccc(Cl)cc3)cc2)ccc1O. The topological polar surface area (TPSA) is 130 Å². The molecule has 0 aromatic heterocycles. The van der Waals surface area contributed by atoms with Crippen LogP contribution in [0.15, 0.2) is 76.5 Å². The number of hydrogen-bond acceptors (Lipinski definition) is 6. The van der Waals surface area contributed by atoms with Crippen molar-refractivity contribution < 1.29 is 23.4 Å². The van der Waals surface area contributed by atoms with Crippen LogP contribution in [-0.4, -0.2) is 37.6 Å². The Morgan fingerprint density at radius 3 is 2.24 bits per heavy atom. The second-order valence-corrected chi connectivity index (χ2v) is 9.95. The summed E-state index contributed by atoms with van der Waals surface area (Å²) in [6, 6.07) is 17.0. The molecule has 0 fully saturated rings. The molecule has 0 bridgehead atoms. The number of carbonyl (C=O) groups excluding carboxylic acids is 1. The number of aliphatic hydroxyl groups excluding tert-OH is 1. The zero-order valence-corrected chi connectivity index (χ0v) is 20.5. The summed E-state index contributed by atoms with van der Waals surface area (Å²) in [4.78, 5) is 11.4. The first-order chi connectivity index (χ1) is 15.7. The fourth-order valence-corrected chi connectivity index (χ4v) is 4.72. The van der Waals surface area contributed by atoms with E-state index in [0.717, 1.165) is 36.1 Å². The minimum absolute atomic E-state index is 0. The molecule has 0 saturated heterocycles. The Hall–Kier alpha value is -2.62. The molecule has 1 atom stereocenters. The zero-order chi connectivity index (χ0) is 24.0. The highest BCUT2D eigenvalue weighted by Gasteiger charge is 2.20. The number of aryl methyl sites for hydroxylation is 1. The van der Waals surface area contributed by atoms with Crippen molar-refractivity contribution in [3.8, 4) is 5.75 Å². The van der Waals surface area contributed by atoms with Crippen LogP contribution in [0, 0.1) is 0 Å². The predicted molar refractivity (Wildman–Crippen MR) is 133 cm³/mol. The maximum atomic E-state index is 12.9. The molecule has 3 aromatic carbocycles. The van der Waals surface area contributed by atoms with Crippen molar-refractivity contribution in [2.45, 2.75) is 28.7 Å². The first-order valence-electron chi connectivity index (χ1n) is 10.3. The molecular formula is C24H26Cl2N2O5S. The largest absolute Gasteiger partial charge is 0.507 e. The summed E-state index contributed by atoms with van der Waals surface area (Å²) in [6.45, 7) is 1.10. The van der Waals surface area contributed by atoms with E-state index in [0.29, 0.717) is 18.1 Å². The number of sulfone groups is 1. The van der Waals surface area contributed by atoms with Crippen molar-refractivity contribution in [3.05, 3.63) is 88.4 Å². The van der Waals surface area contributed by atoms with Gasteiger partial charge in [-0.25, -0.2) is 8.42 Å². The Morgan fingerprint density at radius 2 is 1.62 bits per heavy atom. The van der Waals surface area contributed by atoms with Gasteiger partial charge in [-0.1, -0.05) is 35.9 Å². The molecule has 3 aromatic rings. The van der Waals surface area contributed by atoms with Gasteiger partial charge in [0.15, 0.2) is 0 Å². The van der Waals surface area contributed by atoms with E-state index in [1.807, 2.05) is 0 Å². The van der Waals surface area contributed by atoms with Gasteiger partial charge in [0.1, 0.15) is 5.75 Å². The highest BCUT2D eigenvalue weighted by Crippen LogP contribution is 2.26. The number of aromatic hydroxyl groups is 1. The lowest BCUT2D eigenvalue weighted by Crippen LogP contribution is -2.22. The number of rotatable bonds is 10. The van der Waals surface area contributed by atoms with Gasteiger partial charge < -0.3 is 21.3 Å². The number of hydrogen-bond donors (Lipinski definition) is 4. The number of aliphatic hydroxyl groups is 1. The van der Waals surface area contributed by atoms with Crippen LogP contribution < -0.4 is 11.1 Å². The van der Waals surface area contributed by atoms with E-state index in [1.165, 1.54) is 18.2 Å². The van der Waals surface area contributed by atoms with E-state index >= 15 is 0 Å². The molecule has 34 heavy (non-hydrogen) atoms. The quantitative estimate of drug-likeness (QED) is 0.299. The number of nitrogens with two attached hydrogens (primary N) is 1. The third-order valence-corrected chi connectivity index (χ3v) is 7.21. The highest BCUT2D eigenvalue weighted by atomic mass is 35.5. The summed E-state index contributed by atoms with van der Waals surface area (Å²) in [5.74, 6) is -1.28. The highest BCUT2D eigenvalue weighted by molar-refractivity contribution is 7.91. The molecule has 0 unspecified atom stereocenters. The van der Waals surface area contributed by atoms with E-state index in [4.69, 9.17) is 17.3 Å². The van der Waals surface area contributed by atoms with Crippen LogP contribution in [0.3, 0.4) is 0 Å². The fourth-order valence-electron chi connectivity index (χ4n) is 3.31. The molecule has 0 heterocycles. The van der Waals surface area contributed by atoms with Gasteiger partial charge in [-0.3, -0.25) is 4.79 Å². The molecule has 10 heteroatoms. The van der Waals surface area contributed by atoms with E-state index in [2.05, 4.69) is 5.32 Å². The average Bonchev–Trinajstić information content (AvgIpc) is 2.79. The van der Waals surface area contributed by atoms with E-state index in [-0.39, 0.29) is 33.5 Å². The number of amides is 1. The van der Waals surface area contributed by atoms with Crippen molar-refractivity contribution in [2.75, 3.05) is 13.1 Å². The van der Waals surface area contributed by atoms with Gasteiger partial charge in [0.05, 0.1) is 21.5 Å². The summed E-state index contributed by atoms with van der Waals surface area (Å²) in [5.41, 5.74) is 6.70. The van der Waals surface area contributed by atoms with Crippen LogP contribution in [0.25, 0.3) is 0 Å². The van der Waals surface area contributed by atoms with Crippen molar-refractivity contribution in [1.82, 2.24) is 5.32 Å². The van der Waals surface area contributed by atoms with Crippen molar-refractivity contribution in [3.63, 3.8) is 0 Å². The van der Waals surface area contributed by atoms with Crippen LogP contribution in [0.1, 0.15) is 34.0 Å². The second-order valence-electron chi connectivity index (χ2n) is 7.57.